The van der Waals surface area contributed by atoms with Crippen molar-refractivity contribution < 1.29 is 9.53 Å². The van der Waals surface area contributed by atoms with Gasteiger partial charge in [0.25, 0.3) is 5.91 Å². The second-order valence-electron chi connectivity index (χ2n) is 7.73. The number of methoxy groups -OCH3 is 1. The number of benzene rings is 2. The summed E-state index contributed by atoms with van der Waals surface area (Å²) < 4.78 is 5.22. The van der Waals surface area contributed by atoms with Gasteiger partial charge >= 0.3 is 0 Å². The number of hydrogen-bond acceptors (Lipinski definition) is 3. The molecular formula is C23H30N2O2. The van der Waals surface area contributed by atoms with Crippen LogP contribution < -0.4 is 15.0 Å². The molecule has 0 aliphatic carbocycles. The molecule has 27 heavy (non-hydrogen) atoms. The van der Waals surface area contributed by atoms with Crippen molar-refractivity contribution in [3.05, 3.63) is 59.7 Å². The summed E-state index contributed by atoms with van der Waals surface area (Å²) in [5, 5.41) is 3.20. The van der Waals surface area contributed by atoms with Crippen molar-refractivity contribution in [1.82, 2.24) is 5.32 Å². The fourth-order valence-electron chi connectivity index (χ4n) is 3.61. The zero-order chi connectivity index (χ0) is 19.2. The van der Waals surface area contributed by atoms with Crippen LogP contribution >= 0.6 is 0 Å². The number of amides is 1. The average molecular weight is 367 g/mol. The molecule has 2 aromatic rings. The van der Waals surface area contributed by atoms with E-state index >= 15 is 0 Å². The van der Waals surface area contributed by atoms with Crippen molar-refractivity contribution in [2.75, 3.05) is 25.1 Å². The SMILES string of the molecule is COc1ccc(N2CCC(NC(=O)c3ccc(CC(C)C)cc3)CC2)cc1. The molecule has 1 saturated heterocycles. The van der Waals surface area contributed by atoms with Crippen molar-refractivity contribution in [2.45, 2.75) is 39.2 Å². The number of carbonyl (C=O) groups is 1. The molecule has 144 valence electrons. The molecule has 4 heteroatoms. The Bertz CT molecular complexity index is 730. The van der Waals surface area contributed by atoms with Gasteiger partial charge in [0.15, 0.2) is 0 Å². The maximum absolute atomic E-state index is 12.5. The van der Waals surface area contributed by atoms with Gasteiger partial charge in [-0.3, -0.25) is 4.79 Å². The monoisotopic (exact) mass is 366 g/mol. The van der Waals surface area contributed by atoms with Crippen LogP contribution in [-0.4, -0.2) is 32.1 Å². The maximum Gasteiger partial charge on any atom is 0.251 e. The molecule has 4 nitrogen and oxygen atoms in total. The van der Waals surface area contributed by atoms with E-state index in [0.717, 1.165) is 43.7 Å². The molecule has 3 rings (SSSR count). The van der Waals surface area contributed by atoms with E-state index in [9.17, 15) is 4.79 Å². The van der Waals surface area contributed by atoms with Crippen LogP contribution in [0.2, 0.25) is 0 Å². The van der Waals surface area contributed by atoms with E-state index in [0.29, 0.717) is 5.92 Å². The van der Waals surface area contributed by atoms with Gasteiger partial charge < -0.3 is 15.0 Å². The second-order valence-corrected chi connectivity index (χ2v) is 7.73. The van der Waals surface area contributed by atoms with Crippen LogP contribution in [0.1, 0.15) is 42.6 Å². The van der Waals surface area contributed by atoms with Crippen molar-refractivity contribution >= 4 is 11.6 Å². The molecule has 0 spiro atoms. The van der Waals surface area contributed by atoms with E-state index in [4.69, 9.17) is 4.74 Å². The van der Waals surface area contributed by atoms with Gasteiger partial charge in [0.2, 0.25) is 0 Å². The number of rotatable bonds is 6. The van der Waals surface area contributed by atoms with Crippen LogP contribution in [0.5, 0.6) is 5.75 Å². The van der Waals surface area contributed by atoms with Gasteiger partial charge in [0.05, 0.1) is 7.11 Å². The highest BCUT2D eigenvalue weighted by molar-refractivity contribution is 5.94. The van der Waals surface area contributed by atoms with Crippen molar-refractivity contribution in [1.29, 1.82) is 0 Å². The van der Waals surface area contributed by atoms with E-state index < -0.39 is 0 Å². The van der Waals surface area contributed by atoms with Crippen molar-refractivity contribution in [2.24, 2.45) is 5.92 Å². The zero-order valence-electron chi connectivity index (χ0n) is 16.6. The summed E-state index contributed by atoms with van der Waals surface area (Å²) >= 11 is 0. The van der Waals surface area contributed by atoms with Gasteiger partial charge in [0, 0.05) is 30.4 Å². The van der Waals surface area contributed by atoms with Crippen LogP contribution in [0.4, 0.5) is 5.69 Å². The van der Waals surface area contributed by atoms with Gasteiger partial charge in [0.1, 0.15) is 5.75 Å². The Kier molecular flexibility index (Phi) is 6.38. The number of carbonyl (C=O) groups excluding carboxylic acids is 1. The summed E-state index contributed by atoms with van der Waals surface area (Å²) in [7, 11) is 1.68. The van der Waals surface area contributed by atoms with Crippen molar-refractivity contribution in [3.8, 4) is 5.75 Å². The van der Waals surface area contributed by atoms with Crippen LogP contribution in [0.3, 0.4) is 0 Å². The topological polar surface area (TPSA) is 41.6 Å². The molecular weight excluding hydrogens is 336 g/mol. The Morgan fingerprint density at radius 2 is 1.70 bits per heavy atom. The minimum Gasteiger partial charge on any atom is -0.497 e. The first-order valence-corrected chi connectivity index (χ1v) is 9.84. The lowest BCUT2D eigenvalue weighted by Gasteiger charge is -2.34. The van der Waals surface area contributed by atoms with Gasteiger partial charge in [-0.05, 0) is 67.1 Å². The molecule has 1 fully saturated rings. The number of nitrogens with zero attached hydrogens (tertiary/aromatic N) is 1. The largest absolute Gasteiger partial charge is 0.497 e. The van der Waals surface area contributed by atoms with Crippen molar-refractivity contribution in [3.63, 3.8) is 0 Å². The van der Waals surface area contributed by atoms with Crippen LogP contribution in [0.25, 0.3) is 0 Å². The maximum atomic E-state index is 12.5. The molecule has 1 aliphatic heterocycles. The second kappa shape index (κ2) is 8.94. The molecule has 2 aromatic carbocycles. The number of nitrogens with one attached hydrogen (secondary N) is 1. The highest BCUT2D eigenvalue weighted by atomic mass is 16.5. The lowest BCUT2D eigenvalue weighted by molar-refractivity contribution is 0.0931. The van der Waals surface area contributed by atoms with Crippen LogP contribution in [0, 0.1) is 5.92 Å². The normalized spacial score (nSPS) is 15.0. The van der Waals surface area contributed by atoms with E-state index in [-0.39, 0.29) is 11.9 Å². The van der Waals surface area contributed by atoms with Crippen LogP contribution in [0.15, 0.2) is 48.5 Å². The van der Waals surface area contributed by atoms with E-state index in [1.165, 1.54) is 11.3 Å². The molecule has 0 bridgehead atoms. The predicted octanol–water partition coefficient (Wildman–Crippen LogP) is 4.29. The number of hydrogen-bond donors (Lipinski definition) is 1. The lowest BCUT2D eigenvalue weighted by Crippen LogP contribution is -2.44. The molecule has 1 amide bonds. The first-order valence-electron chi connectivity index (χ1n) is 9.84. The van der Waals surface area contributed by atoms with E-state index in [1.54, 1.807) is 7.11 Å². The standard InChI is InChI=1S/C23H30N2O2/c1-17(2)16-18-4-6-19(7-5-18)23(26)24-20-12-14-25(15-13-20)21-8-10-22(27-3)11-9-21/h4-11,17,20H,12-16H2,1-3H3,(H,24,26). The Balaban J connectivity index is 1.50. The molecule has 0 aromatic heterocycles. The number of anilines is 1. The Morgan fingerprint density at radius 3 is 2.26 bits per heavy atom. The minimum absolute atomic E-state index is 0.0361. The third-order valence-corrected chi connectivity index (χ3v) is 5.13. The summed E-state index contributed by atoms with van der Waals surface area (Å²) in [5.41, 5.74) is 3.25. The smallest absolute Gasteiger partial charge is 0.251 e. The molecule has 0 radical (unpaired) electrons. The predicted molar refractivity (Wildman–Crippen MR) is 111 cm³/mol. The third kappa shape index (κ3) is 5.25. The van der Waals surface area contributed by atoms with Gasteiger partial charge in [-0.15, -0.1) is 0 Å². The summed E-state index contributed by atoms with van der Waals surface area (Å²) in [6, 6.07) is 16.4. The molecule has 0 unspecified atom stereocenters. The van der Waals surface area contributed by atoms with Gasteiger partial charge in [-0.25, -0.2) is 0 Å². The summed E-state index contributed by atoms with van der Waals surface area (Å²) in [5.74, 6) is 1.54. The number of piperidine rings is 1. The molecule has 0 saturated carbocycles. The molecule has 1 heterocycles. The quantitative estimate of drug-likeness (QED) is 0.829. The first-order chi connectivity index (χ1) is 13.0. The van der Waals surface area contributed by atoms with E-state index in [1.807, 2.05) is 24.3 Å². The molecule has 0 atom stereocenters. The zero-order valence-corrected chi connectivity index (χ0v) is 16.6. The molecule has 1 N–H and O–H groups in total. The third-order valence-electron chi connectivity index (χ3n) is 5.13. The van der Waals surface area contributed by atoms with Gasteiger partial charge in [-0.2, -0.15) is 0 Å². The first kappa shape index (κ1) is 19.3. The Hall–Kier alpha value is -2.49. The summed E-state index contributed by atoms with van der Waals surface area (Å²) in [6.07, 6.45) is 2.97. The van der Waals surface area contributed by atoms with Crippen LogP contribution in [-0.2, 0) is 6.42 Å². The Labute approximate surface area is 162 Å². The molecule has 1 aliphatic rings. The number of ether oxygens (including phenoxy) is 1. The average Bonchev–Trinajstić information content (AvgIpc) is 2.69. The summed E-state index contributed by atoms with van der Waals surface area (Å²) in [4.78, 5) is 14.9. The Morgan fingerprint density at radius 1 is 1.07 bits per heavy atom. The fourth-order valence-corrected chi connectivity index (χ4v) is 3.61. The summed E-state index contributed by atoms with van der Waals surface area (Å²) in [6.45, 7) is 6.31. The minimum atomic E-state index is 0.0361. The highest BCUT2D eigenvalue weighted by Gasteiger charge is 2.21. The fraction of sp³-hybridized carbons (Fsp3) is 0.435. The lowest BCUT2D eigenvalue weighted by atomic mass is 10.0. The highest BCUT2D eigenvalue weighted by Crippen LogP contribution is 2.23. The van der Waals surface area contributed by atoms with Gasteiger partial charge in [-0.1, -0.05) is 26.0 Å². The van der Waals surface area contributed by atoms with E-state index in [2.05, 4.69) is 48.3 Å².